The number of nitrogens with zero attached hydrogens (tertiary/aromatic N) is 4. The average molecular weight is 195 g/mol. The van der Waals surface area contributed by atoms with Crippen LogP contribution in [0.3, 0.4) is 0 Å². The van der Waals surface area contributed by atoms with Gasteiger partial charge in [0.05, 0.1) is 0 Å². The van der Waals surface area contributed by atoms with Crippen LogP contribution in [0.1, 0.15) is 6.92 Å². The maximum atomic E-state index is 5.89. The van der Waals surface area contributed by atoms with Crippen LogP contribution >= 0.6 is 11.6 Å². The molecule has 0 radical (unpaired) electrons. The van der Waals surface area contributed by atoms with E-state index in [-0.39, 0.29) is 0 Å². The highest BCUT2D eigenvalue weighted by atomic mass is 35.5. The molecule has 2 rings (SSSR count). The number of hydrogen-bond acceptors (Lipinski definition) is 3. The smallest absolute Gasteiger partial charge is 0.182 e. The van der Waals surface area contributed by atoms with Crippen molar-refractivity contribution in [2.45, 2.75) is 6.92 Å². The van der Waals surface area contributed by atoms with Crippen LogP contribution in [0.25, 0.3) is 17.4 Å². The van der Waals surface area contributed by atoms with Crippen LogP contribution in [-0.4, -0.2) is 19.5 Å². The maximum Gasteiger partial charge on any atom is 0.182 e. The van der Waals surface area contributed by atoms with Crippen molar-refractivity contribution in [3.8, 4) is 0 Å². The van der Waals surface area contributed by atoms with Gasteiger partial charge in [0.25, 0.3) is 0 Å². The molecule has 0 fully saturated rings. The summed E-state index contributed by atoms with van der Waals surface area (Å²) in [5.74, 6) is 0. The zero-order chi connectivity index (χ0) is 9.26. The van der Waals surface area contributed by atoms with Crippen molar-refractivity contribution in [3.05, 3.63) is 23.9 Å². The normalized spacial score (nSPS) is 11.5. The van der Waals surface area contributed by atoms with Gasteiger partial charge in [-0.1, -0.05) is 17.7 Å². The first-order valence-electron chi connectivity index (χ1n) is 3.79. The first-order chi connectivity index (χ1) is 6.33. The van der Waals surface area contributed by atoms with Crippen LogP contribution in [0, 0.1) is 0 Å². The summed E-state index contributed by atoms with van der Waals surface area (Å²) in [6.07, 6.45) is 6.80. The summed E-state index contributed by atoms with van der Waals surface area (Å²) in [5, 5.41) is 0.417. The third-order valence-electron chi connectivity index (χ3n) is 1.63. The van der Waals surface area contributed by atoms with Crippen molar-refractivity contribution >= 4 is 29.0 Å². The largest absolute Gasteiger partial charge is 0.302 e. The molecule has 0 atom stereocenters. The molecule has 5 heteroatoms. The quantitative estimate of drug-likeness (QED) is 0.652. The molecule has 2 aromatic rings. The Kier molecular flexibility index (Phi) is 1.98. The number of allylic oxidation sites excluding steroid dienone is 1. The Hall–Kier alpha value is -1.42. The third kappa shape index (κ3) is 1.29. The van der Waals surface area contributed by atoms with E-state index >= 15 is 0 Å². The third-order valence-corrected chi connectivity index (χ3v) is 1.91. The number of imidazole rings is 1. The Labute approximate surface area is 79.9 Å². The first-order valence-corrected chi connectivity index (χ1v) is 4.16. The van der Waals surface area contributed by atoms with Gasteiger partial charge in [-0.05, 0) is 6.92 Å². The minimum Gasteiger partial charge on any atom is -0.302 e. The number of halogens is 1. The summed E-state index contributed by atoms with van der Waals surface area (Å²) in [6, 6.07) is 0. The summed E-state index contributed by atoms with van der Waals surface area (Å²) < 4.78 is 1.79. The van der Waals surface area contributed by atoms with Crippen LogP contribution in [0.5, 0.6) is 0 Å². The van der Waals surface area contributed by atoms with E-state index in [1.807, 2.05) is 19.2 Å². The van der Waals surface area contributed by atoms with Crippen LogP contribution in [-0.2, 0) is 0 Å². The molecular weight excluding hydrogens is 188 g/mol. The van der Waals surface area contributed by atoms with Crippen LogP contribution in [0.2, 0.25) is 5.15 Å². The summed E-state index contributed by atoms with van der Waals surface area (Å²) in [6.45, 7) is 1.92. The Balaban J connectivity index is 2.78. The molecule has 0 saturated carbocycles. The predicted octanol–water partition coefficient (Wildman–Crippen LogP) is 1.97. The topological polar surface area (TPSA) is 43.6 Å². The Morgan fingerprint density at radius 3 is 3.00 bits per heavy atom. The maximum absolute atomic E-state index is 5.89. The van der Waals surface area contributed by atoms with Gasteiger partial charge in [-0.2, -0.15) is 0 Å². The van der Waals surface area contributed by atoms with Gasteiger partial charge in [0, 0.05) is 6.20 Å². The van der Waals surface area contributed by atoms with E-state index < -0.39 is 0 Å². The molecule has 0 aliphatic heterocycles. The van der Waals surface area contributed by atoms with Crippen molar-refractivity contribution in [2.75, 3.05) is 0 Å². The lowest BCUT2D eigenvalue weighted by Gasteiger charge is -1.95. The lowest BCUT2D eigenvalue weighted by atomic mass is 10.5. The van der Waals surface area contributed by atoms with Gasteiger partial charge >= 0.3 is 0 Å². The molecular formula is C8H7ClN4. The molecule has 4 nitrogen and oxygen atoms in total. The zero-order valence-electron chi connectivity index (χ0n) is 6.98. The van der Waals surface area contributed by atoms with E-state index in [4.69, 9.17) is 11.6 Å². The van der Waals surface area contributed by atoms with Crippen LogP contribution < -0.4 is 0 Å². The summed E-state index contributed by atoms with van der Waals surface area (Å²) in [4.78, 5) is 11.9. The molecule has 0 spiro atoms. The van der Waals surface area contributed by atoms with E-state index in [1.165, 1.54) is 6.33 Å². The molecule has 0 aromatic carbocycles. The number of fused-ring (bicyclic) bond motifs is 1. The molecule has 0 bridgehead atoms. The number of hydrogen-bond donors (Lipinski definition) is 0. The standard InChI is InChI=1S/C8H7ClN4/c1-2-3-13-5-12-8-6(13)7(9)10-4-11-8/h2-5H,1H3/b3-2+. The molecule has 0 aliphatic carbocycles. The van der Waals surface area contributed by atoms with Gasteiger partial charge in [0.1, 0.15) is 18.2 Å². The molecule has 66 valence electrons. The second-order valence-electron chi connectivity index (χ2n) is 2.47. The number of rotatable bonds is 1. The van der Waals surface area contributed by atoms with Crippen molar-refractivity contribution in [3.63, 3.8) is 0 Å². The SMILES string of the molecule is C/C=C/n1cnc2ncnc(Cl)c21. The second-order valence-corrected chi connectivity index (χ2v) is 2.83. The molecule has 2 heterocycles. The van der Waals surface area contributed by atoms with E-state index in [9.17, 15) is 0 Å². The van der Waals surface area contributed by atoms with Gasteiger partial charge < -0.3 is 4.57 Å². The Morgan fingerprint density at radius 1 is 1.38 bits per heavy atom. The van der Waals surface area contributed by atoms with E-state index in [1.54, 1.807) is 10.9 Å². The van der Waals surface area contributed by atoms with E-state index in [0.29, 0.717) is 10.8 Å². The second kappa shape index (κ2) is 3.14. The van der Waals surface area contributed by atoms with Gasteiger partial charge in [-0.3, -0.25) is 0 Å². The Morgan fingerprint density at radius 2 is 2.23 bits per heavy atom. The van der Waals surface area contributed by atoms with Crippen LogP contribution in [0.4, 0.5) is 0 Å². The van der Waals surface area contributed by atoms with E-state index in [2.05, 4.69) is 15.0 Å². The lowest BCUT2D eigenvalue weighted by molar-refractivity contribution is 1.16. The average Bonchev–Trinajstić information content (AvgIpc) is 2.51. The molecule has 13 heavy (non-hydrogen) atoms. The van der Waals surface area contributed by atoms with Gasteiger partial charge in [-0.25, -0.2) is 15.0 Å². The molecule has 0 amide bonds. The van der Waals surface area contributed by atoms with Crippen LogP contribution in [0.15, 0.2) is 18.7 Å². The van der Waals surface area contributed by atoms with Crippen molar-refractivity contribution in [1.82, 2.24) is 19.5 Å². The number of aromatic nitrogens is 4. The fraction of sp³-hybridized carbons (Fsp3) is 0.125. The fourth-order valence-electron chi connectivity index (χ4n) is 1.11. The van der Waals surface area contributed by atoms with E-state index in [0.717, 1.165) is 5.52 Å². The molecule has 0 aliphatic rings. The van der Waals surface area contributed by atoms with Gasteiger partial charge in [0.15, 0.2) is 10.8 Å². The summed E-state index contributed by atoms with van der Waals surface area (Å²) in [5.41, 5.74) is 1.35. The predicted molar refractivity (Wildman–Crippen MR) is 51.3 cm³/mol. The van der Waals surface area contributed by atoms with Crippen molar-refractivity contribution in [2.24, 2.45) is 0 Å². The van der Waals surface area contributed by atoms with Crippen molar-refractivity contribution in [1.29, 1.82) is 0 Å². The highest BCUT2D eigenvalue weighted by Crippen LogP contribution is 2.17. The molecule has 0 unspecified atom stereocenters. The first kappa shape index (κ1) is 8.19. The molecule has 0 N–H and O–H groups in total. The Bertz CT molecular complexity index is 460. The van der Waals surface area contributed by atoms with Gasteiger partial charge in [-0.15, -0.1) is 0 Å². The minimum atomic E-state index is 0.417. The minimum absolute atomic E-state index is 0.417. The highest BCUT2D eigenvalue weighted by Gasteiger charge is 2.05. The summed E-state index contributed by atoms with van der Waals surface area (Å²) in [7, 11) is 0. The highest BCUT2D eigenvalue weighted by molar-refractivity contribution is 6.33. The molecule has 0 saturated heterocycles. The zero-order valence-corrected chi connectivity index (χ0v) is 7.73. The lowest BCUT2D eigenvalue weighted by Crippen LogP contribution is -1.87. The van der Waals surface area contributed by atoms with Gasteiger partial charge in [0.2, 0.25) is 0 Å². The summed E-state index contributed by atoms with van der Waals surface area (Å²) >= 11 is 5.89. The molecule has 2 aromatic heterocycles. The monoisotopic (exact) mass is 194 g/mol. The van der Waals surface area contributed by atoms with Crippen molar-refractivity contribution < 1.29 is 0 Å². The fourth-order valence-corrected chi connectivity index (χ4v) is 1.34.